The van der Waals surface area contributed by atoms with Gasteiger partial charge in [0.2, 0.25) is 5.91 Å². The second-order valence-corrected chi connectivity index (χ2v) is 2.29. The zero-order valence-electron chi connectivity index (χ0n) is 6.94. The number of carbonyl (C=O) groups is 1. The van der Waals surface area contributed by atoms with Gasteiger partial charge in [0, 0.05) is 0 Å². The Bertz CT molecular complexity index is 254. The summed E-state index contributed by atoms with van der Waals surface area (Å²) in [4.78, 5) is 10.6. The highest BCUT2D eigenvalue weighted by molar-refractivity contribution is 5.85. The standard InChI is InChI=1S/C8H10N2O.ClH.H2O/c9-7(8(10)11)6-4-2-1-3-5-6;;/h1-5,7H,9H2,(H2,10,11);1H;1H2. The SMILES string of the molecule is Cl.NC(=O)C(N)c1ccccc1.O. The maximum absolute atomic E-state index is 10.6. The molecule has 0 saturated heterocycles. The molecule has 0 heterocycles. The lowest BCUT2D eigenvalue weighted by Crippen LogP contribution is -2.27. The molecule has 1 unspecified atom stereocenters. The van der Waals surface area contributed by atoms with Crippen molar-refractivity contribution in [1.82, 2.24) is 0 Å². The predicted octanol–water partition coefficient (Wildman–Crippen LogP) is -0.231. The topological polar surface area (TPSA) is 101 Å². The molecule has 0 saturated carbocycles. The van der Waals surface area contributed by atoms with Crippen LogP contribution in [0.2, 0.25) is 0 Å². The van der Waals surface area contributed by atoms with Gasteiger partial charge in [0.15, 0.2) is 0 Å². The molecule has 1 rings (SSSR count). The molecule has 0 aliphatic rings. The monoisotopic (exact) mass is 204 g/mol. The molecular weight excluding hydrogens is 192 g/mol. The van der Waals surface area contributed by atoms with E-state index in [1.165, 1.54) is 0 Å². The molecule has 0 fully saturated rings. The lowest BCUT2D eigenvalue weighted by molar-refractivity contribution is -0.119. The molecule has 13 heavy (non-hydrogen) atoms. The molecular formula is C8H13ClN2O2. The molecule has 1 aromatic carbocycles. The van der Waals surface area contributed by atoms with Gasteiger partial charge in [0.1, 0.15) is 6.04 Å². The normalized spacial score (nSPS) is 10.5. The first kappa shape index (κ1) is 14.4. The first-order valence-electron chi connectivity index (χ1n) is 3.31. The van der Waals surface area contributed by atoms with Crippen LogP contribution in [0, 0.1) is 0 Å². The van der Waals surface area contributed by atoms with Crippen LogP contribution in [0.4, 0.5) is 0 Å². The summed E-state index contributed by atoms with van der Waals surface area (Å²) in [5.41, 5.74) is 11.2. The predicted molar refractivity (Wildman–Crippen MR) is 53.4 cm³/mol. The number of hydrogen-bond acceptors (Lipinski definition) is 2. The van der Waals surface area contributed by atoms with Crippen LogP contribution in [0.5, 0.6) is 0 Å². The molecule has 0 bridgehead atoms. The highest BCUT2D eigenvalue weighted by Gasteiger charge is 2.09. The summed E-state index contributed by atoms with van der Waals surface area (Å²) >= 11 is 0. The van der Waals surface area contributed by atoms with E-state index in [0.717, 1.165) is 5.56 Å². The minimum absolute atomic E-state index is 0. The van der Waals surface area contributed by atoms with Gasteiger partial charge < -0.3 is 16.9 Å². The third kappa shape index (κ3) is 3.89. The Kier molecular flexibility index (Phi) is 7.12. The minimum atomic E-state index is -0.684. The van der Waals surface area contributed by atoms with E-state index in [0.29, 0.717) is 0 Å². The summed E-state index contributed by atoms with van der Waals surface area (Å²) in [5.74, 6) is -0.504. The summed E-state index contributed by atoms with van der Waals surface area (Å²) in [6.07, 6.45) is 0. The Labute approximate surface area is 82.6 Å². The smallest absolute Gasteiger partial charge is 0.238 e. The lowest BCUT2D eigenvalue weighted by atomic mass is 10.1. The van der Waals surface area contributed by atoms with Crippen molar-refractivity contribution in [2.45, 2.75) is 6.04 Å². The second kappa shape index (κ2) is 6.42. The molecule has 5 heteroatoms. The largest absolute Gasteiger partial charge is 0.412 e. The van der Waals surface area contributed by atoms with E-state index in [1.54, 1.807) is 12.1 Å². The second-order valence-electron chi connectivity index (χ2n) is 2.29. The summed E-state index contributed by atoms with van der Waals surface area (Å²) in [7, 11) is 0. The van der Waals surface area contributed by atoms with Gasteiger partial charge in [-0.2, -0.15) is 0 Å². The van der Waals surface area contributed by atoms with Gasteiger partial charge in [-0.1, -0.05) is 30.3 Å². The summed E-state index contributed by atoms with van der Waals surface area (Å²) < 4.78 is 0. The molecule has 0 radical (unpaired) electrons. The molecule has 4 nitrogen and oxygen atoms in total. The first-order valence-corrected chi connectivity index (χ1v) is 3.31. The number of nitrogens with two attached hydrogens (primary N) is 2. The van der Waals surface area contributed by atoms with Crippen LogP contribution in [0.15, 0.2) is 30.3 Å². The van der Waals surface area contributed by atoms with Crippen LogP contribution < -0.4 is 11.5 Å². The number of carbonyl (C=O) groups excluding carboxylic acids is 1. The van der Waals surface area contributed by atoms with Crippen molar-refractivity contribution >= 4 is 18.3 Å². The number of benzene rings is 1. The quantitative estimate of drug-likeness (QED) is 0.695. The zero-order valence-corrected chi connectivity index (χ0v) is 7.75. The molecule has 0 spiro atoms. The summed E-state index contributed by atoms with van der Waals surface area (Å²) in [6, 6.07) is 8.36. The van der Waals surface area contributed by atoms with Crippen LogP contribution in [0.3, 0.4) is 0 Å². The number of primary amides is 1. The lowest BCUT2D eigenvalue weighted by Gasteiger charge is -2.05. The van der Waals surface area contributed by atoms with Crippen molar-refractivity contribution in [2.24, 2.45) is 11.5 Å². The van der Waals surface area contributed by atoms with Gasteiger partial charge in [-0.25, -0.2) is 0 Å². The van der Waals surface area contributed by atoms with E-state index in [9.17, 15) is 4.79 Å². The zero-order chi connectivity index (χ0) is 8.27. The Morgan fingerprint density at radius 1 is 1.23 bits per heavy atom. The van der Waals surface area contributed by atoms with E-state index in [4.69, 9.17) is 11.5 Å². The number of rotatable bonds is 2. The number of amides is 1. The van der Waals surface area contributed by atoms with Crippen LogP contribution in [-0.4, -0.2) is 11.4 Å². The molecule has 1 amide bonds. The highest BCUT2D eigenvalue weighted by Crippen LogP contribution is 2.07. The Balaban J connectivity index is 0. The molecule has 74 valence electrons. The average Bonchev–Trinajstić information content (AvgIpc) is 2.05. The fraction of sp³-hybridized carbons (Fsp3) is 0.125. The first-order chi connectivity index (χ1) is 5.22. The van der Waals surface area contributed by atoms with Gasteiger partial charge >= 0.3 is 0 Å². The minimum Gasteiger partial charge on any atom is -0.412 e. The maximum Gasteiger partial charge on any atom is 0.238 e. The van der Waals surface area contributed by atoms with E-state index < -0.39 is 11.9 Å². The highest BCUT2D eigenvalue weighted by atomic mass is 35.5. The number of halogens is 1. The van der Waals surface area contributed by atoms with Crippen LogP contribution in [-0.2, 0) is 4.79 Å². The van der Waals surface area contributed by atoms with Crippen molar-refractivity contribution in [3.63, 3.8) is 0 Å². The van der Waals surface area contributed by atoms with Gasteiger partial charge in [-0.3, -0.25) is 4.79 Å². The number of hydrogen-bond donors (Lipinski definition) is 2. The summed E-state index contributed by atoms with van der Waals surface area (Å²) in [6.45, 7) is 0. The van der Waals surface area contributed by atoms with Crippen LogP contribution in [0.25, 0.3) is 0 Å². The third-order valence-electron chi connectivity index (χ3n) is 1.47. The van der Waals surface area contributed by atoms with Crippen molar-refractivity contribution < 1.29 is 10.3 Å². The molecule has 0 aliphatic carbocycles. The van der Waals surface area contributed by atoms with Crippen LogP contribution in [0.1, 0.15) is 11.6 Å². The van der Waals surface area contributed by atoms with Crippen LogP contribution >= 0.6 is 12.4 Å². The van der Waals surface area contributed by atoms with Crippen molar-refractivity contribution in [3.8, 4) is 0 Å². The average molecular weight is 205 g/mol. The Morgan fingerprint density at radius 2 is 1.69 bits per heavy atom. The molecule has 0 aromatic heterocycles. The van der Waals surface area contributed by atoms with Crippen molar-refractivity contribution in [3.05, 3.63) is 35.9 Å². The van der Waals surface area contributed by atoms with Gasteiger partial charge in [0.25, 0.3) is 0 Å². The fourth-order valence-electron chi connectivity index (χ4n) is 0.825. The fourth-order valence-corrected chi connectivity index (χ4v) is 0.825. The Morgan fingerprint density at radius 3 is 2.08 bits per heavy atom. The molecule has 1 atom stereocenters. The van der Waals surface area contributed by atoms with E-state index in [1.807, 2.05) is 18.2 Å². The summed E-state index contributed by atoms with van der Waals surface area (Å²) in [5, 5.41) is 0. The van der Waals surface area contributed by atoms with E-state index >= 15 is 0 Å². The van der Waals surface area contributed by atoms with Gasteiger partial charge in [0.05, 0.1) is 0 Å². The van der Waals surface area contributed by atoms with E-state index in [2.05, 4.69) is 0 Å². The van der Waals surface area contributed by atoms with E-state index in [-0.39, 0.29) is 17.9 Å². The maximum atomic E-state index is 10.6. The third-order valence-corrected chi connectivity index (χ3v) is 1.47. The van der Waals surface area contributed by atoms with Gasteiger partial charge in [-0.05, 0) is 5.56 Å². The molecule has 0 aliphatic heterocycles. The van der Waals surface area contributed by atoms with Gasteiger partial charge in [-0.15, -0.1) is 12.4 Å². The van der Waals surface area contributed by atoms with Crippen molar-refractivity contribution in [2.75, 3.05) is 0 Å². The molecule has 1 aromatic rings. The molecule has 6 N–H and O–H groups in total. The Hall–Kier alpha value is -1.10. The van der Waals surface area contributed by atoms with Crippen molar-refractivity contribution in [1.29, 1.82) is 0 Å².